The Balaban J connectivity index is 3.63. The van der Waals surface area contributed by atoms with E-state index in [2.05, 4.69) is 23.4 Å². The Morgan fingerprint density at radius 1 is 1.29 bits per heavy atom. The van der Waals surface area contributed by atoms with Crippen LogP contribution in [0.25, 0.3) is 0 Å². The summed E-state index contributed by atoms with van der Waals surface area (Å²) >= 11 is 4.26. The molecule has 0 aliphatic rings. The van der Waals surface area contributed by atoms with Gasteiger partial charge in [0, 0.05) is 0 Å². The first-order valence-electron chi connectivity index (χ1n) is 4.90. The van der Waals surface area contributed by atoms with E-state index in [0.29, 0.717) is 0 Å². The van der Waals surface area contributed by atoms with Crippen molar-refractivity contribution in [2.24, 2.45) is 0 Å². The average Bonchev–Trinajstić information content (AvgIpc) is 2.09. The molecule has 14 heavy (non-hydrogen) atoms. The van der Waals surface area contributed by atoms with Crippen molar-refractivity contribution in [2.75, 3.05) is 0 Å². The first kappa shape index (κ1) is 14.5. The van der Waals surface area contributed by atoms with E-state index < -0.39 is 6.72 Å². The molecule has 86 valence electrons. The molecule has 2 N–H and O–H groups in total. The summed E-state index contributed by atoms with van der Waals surface area (Å²) in [6.45, 7) is 0.420. The number of unbranched alkanes of at least 4 members (excludes halogenated alkanes) is 2. The first-order chi connectivity index (χ1) is 6.49. The molecule has 0 aromatic heterocycles. The molecule has 0 fully saturated rings. The Labute approximate surface area is 90.4 Å². The van der Waals surface area contributed by atoms with Crippen LogP contribution in [-0.2, 0) is 21.4 Å². The number of hydrogen-bond donors (Lipinski definition) is 2. The lowest BCUT2D eigenvalue weighted by Gasteiger charge is -2.15. The van der Waals surface area contributed by atoms with Gasteiger partial charge in [0.1, 0.15) is 0 Å². The van der Waals surface area contributed by atoms with E-state index in [1.807, 2.05) is 6.92 Å². The summed E-state index contributed by atoms with van der Waals surface area (Å²) in [7, 11) is 0. The largest absolute Gasteiger partial charge is 0.350 e. The van der Waals surface area contributed by atoms with E-state index in [9.17, 15) is 0 Å². The molecule has 0 saturated heterocycles. The zero-order valence-electron chi connectivity index (χ0n) is 8.68. The minimum absolute atomic E-state index is 0.0943. The third-order valence-corrected chi connectivity index (χ3v) is 2.32. The monoisotopic (exact) mass is 242 g/mol. The minimum Gasteiger partial charge on any atom is -0.323 e. The van der Waals surface area contributed by atoms with E-state index in [1.165, 1.54) is 0 Å². The second-order valence-corrected chi connectivity index (χ2v) is 5.74. The molecule has 4 nitrogen and oxygen atoms in total. The lowest BCUT2D eigenvalue weighted by Crippen LogP contribution is -2.11. The summed E-state index contributed by atoms with van der Waals surface area (Å²) in [5.74, 6) is 0. The van der Waals surface area contributed by atoms with Gasteiger partial charge in [-0.2, -0.15) is 0 Å². The second kappa shape index (κ2) is 7.74. The fourth-order valence-electron chi connectivity index (χ4n) is 1.06. The van der Waals surface area contributed by atoms with Crippen LogP contribution >= 0.6 is 6.72 Å². The smallest absolute Gasteiger partial charge is 0.323 e. The van der Waals surface area contributed by atoms with Crippen molar-refractivity contribution in [3.8, 4) is 0 Å². The van der Waals surface area contributed by atoms with E-state index in [-0.39, 0.29) is 6.10 Å². The topological polar surface area (TPSA) is 58.9 Å². The van der Waals surface area contributed by atoms with Crippen molar-refractivity contribution in [1.29, 1.82) is 0 Å². The van der Waals surface area contributed by atoms with Crippen LogP contribution in [0.4, 0.5) is 0 Å². The van der Waals surface area contributed by atoms with E-state index >= 15 is 0 Å². The number of rotatable bonds is 8. The van der Waals surface area contributed by atoms with Gasteiger partial charge in [-0.1, -0.05) is 33.1 Å². The van der Waals surface area contributed by atoms with Crippen LogP contribution in [0.15, 0.2) is 0 Å². The molecule has 0 heterocycles. The van der Waals surface area contributed by atoms with Crippen LogP contribution < -0.4 is 0 Å². The summed E-state index contributed by atoms with van der Waals surface area (Å²) in [6, 6.07) is 0. The molecule has 0 bridgehead atoms. The van der Waals surface area contributed by atoms with E-state index in [0.717, 1.165) is 32.1 Å². The molecule has 0 aromatic carbocycles. The molecule has 0 amide bonds. The molecular weight excluding hydrogens is 223 g/mol. The molecular formula is C8H19O4PS. The van der Waals surface area contributed by atoms with Gasteiger partial charge in [-0.3, -0.25) is 0 Å². The van der Waals surface area contributed by atoms with Gasteiger partial charge in [0.05, 0.1) is 6.10 Å². The van der Waals surface area contributed by atoms with Crippen LogP contribution in [0.1, 0.15) is 46.0 Å². The van der Waals surface area contributed by atoms with Crippen LogP contribution in [0.3, 0.4) is 0 Å². The maximum atomic E-state index is 8.77. The van der Waals surface area contributed by atoms with Crippen LogP contribution in [0.2, 0.25) is 0 Å². The van der Waals surface area contributed by atoms with Gasteiger partial charge >= 0.3 is 6.72 Å². The predicted molar refractivity (Wildman–Crippen MR) is 59.1 cm³/mol. The lowest BCUT2D eigenvalue weighted by molar-refractivity contribution is -0.253. The molecule has 6 heteroatoms. The number of hydrogen-bond acceptors (Lipinski definition) is 3. The van der Waals surface area contributed by atoms with Gasteiger partial charge in [0.25, 0.3) is 0 Å². The van der Waals surface area contributed by atoms with Gasteiger partial charge in [-0.05, 0) is 24.6 Å². The van der Waals surface area contributed by atoms with Crippen LogP contribution in [0, 0.1) is 0 Å². The van der Waals surface area contributed by atoms with Gasteiger partial charge < -0.3 is 9.79 Å². The molecule has 1 atom stereocenters. The quantitative estimate of drug-likeness (QED) is 0.296. The summed E-state index contributed by atoms with van der Waals surface area (Å²) in [5.41, 5.74) is 0. The maximum absolute atomic E-state index is 8.77. The Bertz CT molecular complexity index is 182. The normalized spacial score (nSPS) is 14.3. The summed E-state index contributed by atoms with van der Waals surface area (Å²) in [4.78, 5) is 22.4. The summed E-state index contributed by atoms with van der Waals surface area (Å²) in [5, 5.41) is 0. The van der Waals surface area contributed by atoms with Crippen LogP contribution in [-0.4, -0.2) is 15.9 Å². The molecule has 0 aromatic rings. The fourth-order valence-corrected chi connectivity index (χ4v) is 1.40. The Hall–Kier alpha value is 0.490. The van der Waals surface area contributed by atoms with Gasteiger partial charge in [-0.25, -0.2) is 4.89 Å². The van der Waals surface area contributed by atoms with Gasteiger partial charge in [0.15, 0.2) is 0 Å². The highest BCUT2D eigenvalue weighted by Crippen LogP contribution is 2.37. The van der Waals surface area contributed by atoms with Crippen molar-refractivity contribution < 1.29 is 19.3 Å². The standard InChI is InChI=1S/C8H19O4PS/c1-3-5-6-7-8(4-2)11-12-13(9,10)14/h8H,3-7H2,1-2H3,(H2,9,10,14). The highest BCUT2D eigenvalue weighted by atomic mass is 32.5. The van der Waals surface area contributed by atoms with E-state index in [4.69, 9.17) is 14.7 Å². The molecule has 0 aliphatic carbocycles. The van der Waals surface area contributed by atoms with Crippen LogP contribution in [0.5, 0.6) is 0 Å². The second-order valence-electron chi connectivity index (χ2n) is 3.19. The van der Waals surface area contributed by atoms with Crippen molar-refractivity contribution in [1.82, 2.24) is 0 Å². The fraction of sp³-hybridized carbons (Fsp3) is 1.00. The third-order valence-electron chi connectivity index (χ3n) is 1.86. The summed E-state index contributed by atoms with van der Waals surface area (Å²) in [6.07, 6.45) is 4.89. The maximum Gasteiger partial charge on any atom is 0.350 e. The van der Waals surface area contributed by atoms with Crippen molar-refractivity contribution in [2.45, 2.75) is 52.1 Å². The zero-order valence-corrected chi connectivity index (χ0v) is 10.4. The summed E-state index contributed by atoms with van der Waals surface area (Å²) < 4.78 is 4.35. The minimum atomic E-state index is -3.66. The van der Waals surface area contributed by atoms with E-state index in [1.54, 1.807) is 0 Å². The SMILES string of the molecule is CCCCCC(CC)OOP(O)(O)=S. The molecule has 0 spiro atoms. The highest BCUT2D eigenvalue weighted by Gasteiger charge is 2.14. The van der Waals surface area contributed by atoms with Gasteiger partial charge in [0.2, 0.25) is 0 Å². The molecule has 0 aliphatic heterocycles. The Morgan fingerprint density at radius 3 is 2.36 bits per heavy atom. The Kier molecular flexibility index (Phi) is 8.01. The zero-order chi connectivity index (χ0) is 11.0. The molecule has 1 unspecified atom stereocenters. The highest BCUT2D eigenvalue weighted by molar-refractivity contribution is 8.06. The van der Waals surface area contributed by atoms with Crippen molar-refractivity contribution >= 4 is 18.5 Å². The first-order valence-corrected chi connectivity index (χ1v) is 7.52. The van der Waals surface area contributed by atoms with Crippen molar-refractivity contribution in [3.63, 3.8) is 0 Å². The Morgan fingerprint density at radius 2 is 1.93 bits per heavy atom. The molecule has 0 radical (unpaired) electrons. The molecule has 0 saturated carbocycles. The van der Waals surface area contributed by atoms with Crippen molar-refractivity contribution in [3.05, 3.63) is 0 Å². The third kappa shape index (κ3) is 9.06. The average molecular weight is 242 g/mol. The lowest BCUT2D eigenvalue weighted by atomic mass is 10.1. The van der Waals surface area contributed by atoms with Gasteiger partial charge in [-0.15, -0.1) is 4.67 Å². The molecule has 0 rings (SSSR count). The predicted octanol–water partition coefficient (Wildman–Crippen LogP) is 2.50.